The molecule has 16 heavy (non-hydrogen) atoms. The minimum absolute atomic E-state index is 0.609. The Morgan fingerprint density at radius 2 is 2.31 bits per heavy atom. The highest BCUT2D eigenvalue weighted by Gasteiger charge is 2.21. The van der Waals surface area contributed by atoms with Gasteiger partial charge in [0, 0.05) is 24.3 Å². The second-order valence-corrected chi connectivity index (χ2v) is 4.57. The number of hydrogen-bond donors (Lipinski definition) is 0. The molecular formula is C12H16N4. The van der Waals surface area contributed by atoms with Gasteiger partial charge < -0.3 is 4.90 Å². The zero-order valence-electron chi connectivity index (χ0n) is 9.72. The molecule has 1 saturated heterocycles. The van der Waals surface area contributed by atoms with Crippen LogP contribution in [0.15, 0.2) is 18.5 Å². The lowest BCUT2D eigenvalue weighted by atomic mass is 10.2. The van der Waals surface area contributed by atoms with Crippen molar-refractivity contribution in [1.29, 1.82) is 0 Å². The molecule has 1 fully saturated rings. The van der Waals surface area contributed by atoms with Gasteiger partial charge >= 0.3 is 0 Å². The van der Waals surface area contributed by atoms with Crippen molar-refractivity contribution in [2.75, 3.05) is 11.4 Å². The molecule has 4 heteroatoms. The molecule has 0 amide bonds. The number of aryl methyl sites for hydroxylation is 1. The molecule has 2 aromatic rings. The molecule has 0 aromatic carbocycles. The van der Waals surface area contributed by atoms with E-state index in [2.05, 4.69) is 23.0 Å². The number of anilines is 1. The Morgan fingerprint density at radius 1 is 1.44 bits per heavy atom. The molecule has 1 atom stereocenters. The van der Waals surface area contributed by atoms with Crippen molar-refractivity contribution in [2.45, 2.75) is 32.7 Å². The summed E-state index contributed by atoms with van der Waals surface area (Å²) in [5.41, 5.74) is 2.10. The Morgan fingerprint density at radius 3 is 3.06 bits per heavy atom. The molecule has 0 unspecified atom stereocenters. The third-order valence-electron chi connectivity index (χ3n) is 3.38. The van der Waals surface area contributed by atoms with Crippen molar-refractivity contribution in [3.8, 4) is 0 Å². The number of hydrogen-bond acceptors (Lipinski definition) is 3. The standard InChI is InChI=1S/C12H16N4/c1-9-8-13-16-7-5-11(14-12(9)16)15-6-3-4-10(15)2/h5,7-8,10H,3-4,6H2,1-2H3/t10-/m0/s1. The van der Waals surface area contributed by atoms with E-state index in [0.717, 1.165) is 23.6 Å². The fourth-order valence-electron chi connectivity index (χ4n) is 2.41. The molecule has 84 valence electrons. The molecule has 0 saturated carbocycles. The van der Waals surface area contributed by atoms with Gasteiger partial charge in [0.2, 0.25) is 0 Å². The Labute approximate surface area is 94.9 Å². The van der Waals surface area contributed by atoms with Crippen LogP contribution in [0.4, 0.5) is 5.82 Å². The smallest absolute Gasteiger partial charge is 0.160 e. The van der Waals surface area contributed by atoms with Crippen LogP contribution in [-0.2, 0) is 0 Å². The maximum absolute atomic E-state index is 4.69. The van der Waals surface area contributed by atoms with Gasteiger partial charge in [-0.25, -0.2) is 9.50 Å². The third kappa shape index (κ3) is 1.37. The second-order valence-electron chi connectivity index (χ2n) is 4.57. The van der Waals surface area contributed by atoms with E-state index < -0.39 is 0 Å². The zero-order chi connectivity index (χ0) is 11.1. The van der Waals surface area contributed by atoms with Gasteiger partial charge in [-0.2, -0.15) is 5.10 Å². The van der Waals surface area contributed by atoms with Crippen molar-refractivity contribution in [2.24, 2.45) is 0 Å². The monoisotopic (exact) mass is 216 g/mol. The quantitative estimate of drug-likeness (QED) is 0.731. The molecule has 1 aliphatic heterocycles. The van der Waals surface area contributed by atoms with E-state index in [1.54, 1.807) is 0 Å². The SMILES string of the molecule is Cc1cnn2ccc(N3CCC[C@@H]3C)nc12. The summed E-state index contributed by atoms with van der Waals surface area (Å²) in [5, 5.41) is 4.24. The summed E-state index contributed by atoms with van der Waals surface area (Å²) in [4.78, 5) is 7.07. The summed E-state index contributed by atoms with van der Waals surface area (Å²) >= 11 is 0. The van der Waals surface area contributed by atoms with E-state index in [-0.39, 0.29) is 0 Å². The first kappa shape index (κ1) is 9.63. The fourth-order valence-corrected chi connectivity index (χ4v) is 2.41. The normalized spacial score (nSPS) is 20.9. The summed E-state index contributed by atoms with van der Waals surface area (Å²) in [6.45, 7) is 5.44. The molecule has 3 heterocycles. The van der Waals surface area contributed by atoms with Gasteiger partial charge in [-0.15, -0.1) is 0 Å². The Balaban J connectivity index is 2.07. The number of rotatable bonds is 1. The summed E-state index contributed by atoms with van der Waals surface area (Å²) in [6, 6.07) is 2.67. The first-order valence-corrected chi connectivity index (χ1v) is 5.83. The molecule has 3 rings (SSSR count). The summed E-state index contributed by atoms with van der Waals surface area (Å²) in [6.07, 6.45) is 6.40. The van der Waals surface area contributed by atoms with E-state index in [0.29, 0.717) is 6.04 Å². The highest BCUT2D eigenvalue weighted by Crippen LogP contribution is 2.24. The third-order valence-corrected chi connectivity index (χ3v) is 3.38. The maximum Gasteiger partial charge on any atom is 0.160 e. The van der Waals surface area contributed by atoms with E-state index >= 15 is 0 Å². The lowest BCUT2D eigenvalue weighted by Crippen LogP contribution is -2.27. The van der Waals surface area contributed by atoms with Crippen LogP contribution in [0.5, 0.6) is 0 Å². The van der Waals surface area contributed by atoms with Crippen LogP contribution >= 0.6 is 0 Å². The first-order valence-electron chi connectivity index (χ1n) is 5.83. The van der Waals surface area contributed by atoms with Gasteiger partial charge in [0.25, 0.3) is 0 Å². The molecular weight excluding hydrogens is 200 g/mol. The van der Waals surface area contributed by atoms with Crippen LogP contribution in [0.3, 0.4) is 0 Å². The van der Waals surface area contributed by atoms with E-state index in [1.807, 2.05) is 23.8 Å². The van der Waals surface area contributed by atoms with Gasteiger partial charge in [0.15, 0.2) is 5.65 Å². The van der Waals surface area contributed by atoms with E-state index in [4.69, 9.17) is 4.98 Å². The van der Waals surface area contributed by atoms with Gasteiger partial charge in [0.1, 0.15) is 5.82 Å². The van der Waals surface area contributed by atoms with Crippen molar-refractivity contribution in [1.82, 2.24) is 14.6 Å². The fraction of sp³-hybridized carbons (Fsp3) is 0.500. The van der Waals surface area contributed by atoms with Crippen molar-refractivity contribution < 1.29 is 0 Å². The number of nitrogens with zero attached hydrogens (tertiary/aromatic N) is 4. The molecule has 4 nitrogen and oxygen atoms in total. The molecule has 2 aromatic heterocycles. The van der Waals surface area contributed by atoms with Crippen LogP contribution in [0.1, 0.15) is 25.3 Å². The molecule has 0 N–H and O–H groups in total. The summed E-state index contributed by atoms with van der Waals surface area (Å²) in [5.74, 6) is 1.08. The van der Waals surface area contributed by atoms with Gasteiger partial charge in [-0.1, -0.05) is 0 Å². The predicted octanol–water partition coefficient (Wildman–Crippen LogP) is 2.03. The highest BCUT2D eigenvalue weighted by molar-refractivity contribution is 5.52. The van der Waals surface area contributed by atoms with E-state index in [1.165, 1.54) is 12.8 Å². The average molecular weight is 216 g/mol. The lowest BCUT2D eigenvalue weighted by Gasteiger charge is -2.22. The molecule has 1 aliphatic rings. The Kier molecular flexibility index (Phi) is 2.09. The van der Waals surface area contributed by atoms with Gasteiger partial charge in [0.05, 0.1) is 6.20 Å². The van der Waals surface area contributed by atoms with Crippen LogP contribution in [0, 0.1) is 6.92 Å². The van der Waals surface area contributed by atoms with Gasteiger partial charge in [-0.05, 0) is 32.8 Å². The number of fused-ring (bicyclic) bond motifs is 1. The van der Waals surface area contributed by atoms with E-state index in [9.17, 15) is 0 Å². The minimum atomic E-state index is 0.609. The van der Waals surface area contributed by atoms with Crippen molar-refractivity contribution >= 4 is 11.5 Å². The Bertz CT molecular complexity index is 517. The summed E-state index contributed by atoms with van der Waals surface area (Å²) in [7, 11) is 0. The van der Waals surface area contributed by atoms with Crippen LogP contribution in [-0.4, -0.2) is 27.2 Å². The molecule has 0 radical (unpaired) electrons. The van der Waals surface area contributed by atoms with Crippen molar-refractivity contribution in [3.63, 3.8) is 0 Å². The minimum Gasteiger partial charge on any atom is -0.354 e. The Hall–Kier alpha value is -1.58. The first-order chi connectivity index (χ1) is 7.75. The van der Waals surface area contributed by atoms with Crippen LogP contribution in [0.2, 0.25) is 0 Å². The predicted molar refractivity (Wildman–Crippen MR) is 63.8 cm³/mol. The largest absolute Gasteiger partial charge is 0.354 e. The lowest BCUT2D eigenvalue weighted by molar-refractivity contribution is 0.726. The second kappa shape index (κ2) is 3.47. The molecule has 0 spiro atoms. The zero-order valence-corrected chi connectivity index (χ0v) is 9.72. The maximum atomic E-state index is 4.69. The topological polar surface area (TPSA) is 33.4 Å². The highest BCUT2D eigenvalue weighted by atomic mass is 15.3. The number of aromatic nitrogens is 3. The molecule has 0 aliphatic carbocycles. The van der Waals surface area contributed by atoms with Crippen LogP contribution < -0.4 is 4.90 Å². The average Bonchev–Trinajstić information content (AvgIpc) is 2.86. The van der Waals surface area contributed by atoms with Gasteiger partial charge in [-0.3, -0.25) is 0 Å². The van der Waals surface area contributed by atoms with Crippen molar-refractivity contribution in [3.05, 3.63) is 24.0 Å². The molecule has 0 bridgehead atoms. The summed E-state index contributed by atoms with van der Waals surface area (Å²) < 4.78 is 1.83. The van der Waals surface area contributed by atoms with Crippen LogP contribution in [0.25, 0.3) is 5.65 Å².